The van der Waals surface area contributed by atoms with Gasteiger partial charge in [0.2, 0.25) is 11.8 Å². The fourth-order valence-corrected chi connectivity index (χ4v) is 2.47. The molecule has 0 aliphatic carbocycles. The van der Waals surface area contributed by atoms with Crippen molar-refractivity contribution in [3.8, 4) is 6.07 Å². The number of nitrogens with zero attached hydrogens (tertiary/aromatic N) is 2. The Morgan fingerprint density at radius 3 is 2.38 bits per heavy atom. The average molecular weight is 321 g/mol. The minimum Gasteiger partial charge on any atom is -0.327 e. The van der Waals surface area contributed by atoms with Crippen molar-refractivity contribution >= 4 is 17.5 Å². The number of para-hydroxylation sites is 1. The molecule has 0 heterocycles. The van der Waals surface area contributed by atoms with Gasteiger partial charge in [-0.25, -0.2) is 0 Å². The zero-order valence-electron chi connectivity index (χ0n) is 13.7. The van der Waals surface area contributed by atoms with Gasteiger partial charge in [0.25, 0.3) is 0 Å². The molecule has 0 bridgehead atoms. The third-order valence-electron chi connectivity index (χ3n) is 3.79. The summed E-state index contributed by atoms with van der Waals surface area (Å²) in [5, 5.41) is 11.8. The number of amides is 2. The number of carbonyl (C=O) groups is 2. The summed E-state index contributed by atoms with van der Waals surface area (Å²) in [4.78, 5) is 25.8. The number of nitriles is 1. The maximum Gasteiger partial charge on any atom is 0.244 e. The third-order valence-corrected chi connectivity index (χ3v) is 3.79. The van der Waals surface area contributed by atoms with Crippen molar-refractivity contribution in [3.63, 3.8) is 0 Å². The Bertz CT molecular complexity index is 766. The summed E-state index contributed by atoms with van der Waals surface area (Å²) in [6.45, 7) is 3.24. The molecule has 1 unspecified atom stereocenters. The van der Waals surface area contributed by atoms with Gasteiger partial charge in [-0.1, -0.05) is 42.5 Å². The van der Waals surface area contributed by atoms with Crippen LogP contribution in [0.2, 0.25) is 0 Å². The van der Waals surface area contributed by atoms with Crippen molar-refractivity contribution in [2.45, 2.75) is 19.9 Å². The van der Waals surface area contributed by atoms with Gasteiger partial charge >= 0.3 is 0 Å². The number of rotatable bonds is 5. The number of benzene rings is 2. The highest BCUT2D eigenvalue weighted by molar-refractivity contribution is 5.95. The molecule has 2 rings (SSSR count). The second kappa shape index (κ2) is 7.93. The molecule has 0 radical (unpaired) electrons. The molecular formula is C19H19N3O2. The zero-order chi connectivity index (χ0) is 17.5. The molecule has 24 heavy (non-hydrogen) atoms. The van der Waals surface area contributed by atoms with E-state index in [4.69, 9.17) is 5.26 Å². The van der Waals surface area contributed by atoms with Crippen molar-refractivity contribution in [1.29, 1.82) is 5.26 Å². The number of carbonyl (C=O) groups excluding carboxylic acids is 2. The Hall–Kier alpha value is -3.13. The molecule has 2 aromatic carbocycles. The van der Waals surface area contributed by atoms with E-state index in [1.807, 2.05) is 43.3 Å². The van der Waals surface area contributed by atoms with E-state index in [1.54, 1.807) is 24.3 Å². The molecule has 0 fully saturated rings. The second-order valence-electron chi connectivity index (χ2n) is 5.44. The van der Waals surface area contributed by atoms with Gasteiger partial charge in [-0.3, -0.25) is 9.59 Å². The fourth-order valence-electron chi connectivity index (χ4n) is 2.47. The third kappa shape index (κ3) is 4.20. The van der Waals surface area contributed by atoms with Crippen molar-refractivity contribution in [3.05, 3.63) is 65.7 Å². The summed E-state index contributed by atoms with van der Waals surface area (Å²) in [7, 11) is 0. The highest BCUT2D eigenvalue weighted by Gasteiger charge is 2.21. The molecule has 2 amide bonds. The van der Waals surface area contributed by atoms with Crippen LogP contribution in [0.1, 0.15) is 31.0 Å². The number of hydrogen-bond donors (Lipinski definition) is 1. The first-order chi connectivity index (χ1) is 11.5. The molecule has 0 aliphatic heterocycles. The van der Waals surface area contributed by atoms with Gasteiger partial charge in [0.05, 0.1) is 17.3 Å². The highest BCUT2D eigenvalue weighted by Crippen LogP contribution is 2.20. The monoisotopic (exact) mass is 321 g/mol. The molecule has 5 nitrogen and oxygen atoms in total. The number of hydrogen-bond acceptors (Lipinski definition) is 3. The first-order valence-corrected chi connectivity index (χ1v) is 7.64. The van der Waals surface area contributed by atoms with Crippen LogP contribution in [-0.2, 0) is 9.59 Å². The van der Waals surface area contributed by atoms with E-state index in [1.165, 1.54) is 11.8 Å². The summed E-state index contributed by atoms with van der Waals surface area (Å²) in [6.07, 6.45) is 0. The van der Waals surface area contributed by atoms with Gasteiger partial charge in [-0.05, 0) is 24.6 Å². The van der Waals surface area contributed by atoms with E-state index in [0.29, 0.717) is 11.3 Å². The standard InChI is InChI=1S/C19H19N3O2/c1-14(16-8-4-3-5-9-16)22(15(2)23)13-19(24)21-18-11-7-6-10-17(18)12-20/h3-11,14H,13H2,1-2H3,(H,21,24). The summed E-state index contributed by atoms with van der Waals surface area (Å²) in [6, 6.07) is 18.1. The maximum atomic E-state index is 12.3. The molecule has 122 valence electrons. The van der Waals surface area contributed by atoms with E-state index in [-0.39, 0.29) is 24.4 Å². The van der Waals surface area contributed by atoms with Crippen molar-refractivity contribution < 1.29 is 9.59 Å². The molecular weight excluding hydrogens is 302 g/mol. The lowest BCUT2D eigenvalue weighted by Crippen LogP contribution is -2.38. The second-order valence-corrected chi connectivity index (χ2v) is 5.44. The Labute approximate surface area is 141 Å². The minimum atomic E-state index is -0.337. The lowest BCUT2D eigenvalue weighted by molar-refractivity contribution is -0.134. The Morgan fingerprint density at radius 1 is 1.12 bits per heavy atom. The van der Waals surface area contributed by atoms with Gasteiger partial charge in [0.1, 0.15) is 12.6 Å². The normalized spacial score (nSPS) is 11.2. The Balaban J connectivity index is 2.12. The molecule has 0 aliphatic rings. The minimum absolute atomic E-state index is 0.0782. The van der Waals surface area contributed by atoms with E-state index in [9.17, 15) is 9.59 Å². The van der Waals surface area contributed by atoms with Gasteiger partial charge in [0.15, 0.2) is 0 Å². The molecule has 0 spiro atoms. The number of nitrogens with one attached hydrogen (secondary N) is 1. The topological polar surface area (TPSA) is 73.2 Å². The van der Waals surface area contributed by atoms with E-state index >= 15 is 0 Å². The molecule has 0 aromatic heterocycles. The molecule has 0 saturated carbocycles. The first-order valence-electron chi connectivity index (χ1n) is 7.64. The van der Waals surface area contributed by atoms with Gasteiger partial charge in [-0.15, -0.1) is 0 Å². The van der Waals surface area contributed by atoms with Crippen molar-refractivity contribution in [2.75, 3.05) is 11.9 Å². The molecule has 5 heteroatoms. The van der Waals surface area contributed by atoms with E-state index < -0.39 is 0 Å². The SMILES string of the molecule is CC(=O)N(CC(=O)Nc1ccccc1C#N)C(C)c1ccccc1. The summed E-state index contributed by atoms with van der Waals surface area (Å²) in [5.41, 5.74) is 1.79. The first kappa shape index (κ1) is 17.2. The predicted octanol–water partition coefficient (Wildman–Crippen LogP) is 3.11. The van der Waals surface area contributed by atoms with E-state index in [2.05, 4.69) is 5.32 Å². The van der Waals surface area contributed by atoms with Crippen LogP contribution >= 0.6 is 0 Å². The predicted molar refractivity (Wildman–Crippen MR) is 92.0 cm³/mol. The van der Waals surface area contributed by atoms with Gasteiger partial charge in [0, 0.05) is 6.92 Å². The lowest BCUT2D eigenvalue weighted by Gasteiger charge is -2.28. The van der Waals surface area contributed by atoms with Crippen molar-refractivity contribution in [1.82, 2.24) is 4.90 Å². The van der Waals surface area contributed by atoms with Crippen LogP contribution in [0.15, 0.2) is 54.6 Å². The van der Waals surface area contributed by atoms with Crippen LogP contribution in [0.5, 0.6) is 0 Å². The van der Waals surface area contributed by atoms with Crippen molar-refractivity contribution in [2.24, 2.45) is 0 Å². The largest absolute Gasteiger partial charge is 0.327 e. The summed E-state index contributed by atoms with van der Waals surface area (Å²) >= 11 is 0. The van der Waals surface area contributed by atoms with Crippen LogP contribution in [0.3, 0.4) is 0 Å². The average Bonchev–Trinajstić information content (AvgIpc) is 2.60. The smallest absolute Gasteiger partial charge is 0.244 e. The summed E-state index contributed by atoms with van der Waals surface area (Å²) < 4.78 is 0. The van der Waals surface area contributed by atoms with E-state index in [0.717, 1.165) is 5.56 Å². The summed E-state index contributed by atoms with van der Waals surface area (Å²) in [5.74, 6) is -0.522. The Kier molecular flexibility index (Phi) is 5.69. The zero-order valence-corrected chi connectivity index (χ0v) is 13.7. The van der Waals surface area contributed by atoms with Crippen LogP contribution in [0.25, 0.3) is 0 Å². The van der Waals surface area contributed by atoms with Crippen LogP contribution in [0, 0.1) is 11.3 Å². The fraction of sp³-hybridized carbons (Fsp3) is 0.211. The van der Waals surface area contributed by atoms with Crippen LogP contribution in [-0.4, -0.2) is 23.3 Å². The highest BCUT2D eigenvalue weighted by atomic mass is 16.2. The Morgan fingerprint density at radius 2 is 1.75 bits per heavy atom. The molecule has 0 saturated heterocycles. The quantitative estimate of drug-likeness (QED) is 0.919. The molecule has 2 aromatic rings. The van der Waals surface area contributed by atoms with Crippen LogP contribution < -0.4 is 5.32 Å². The number of anilines is 1. The van der Waals surface area contributed by atoms with Gasteiger partial charge < -0.3 is 10.2 Å². The maximum absolute atomic E-state index is 12.3. The van der Waals surface area contributed by atoms with Gasteiger partial charge in [-0.2, -0.15) is 5.26 Å². The molecule has 1 atom stereocenters. The molecule has 1 N–H and O–H groups in total. The van der Waals surface area contributed by atoms with Crippen LogP contribution in [0.4, 0.5) is 5.69 Å². The lowest BCUT2D eigenvalue weighted by atomic mass is 10.1.